The number of ether oxygens (including phenoxy) is 3. The van der Waals surface area contributed by atoms with Gasteiger partial charge < -0.3 is 23.9 Å². The second-order valence-corrected chi connectivity index (χ2v) is 9.11. The first-order valence-electron chi connectivity index (χ1n) is 12.4. The maximum absolute atomic E-state index is 14.9. The van der Waals surface area contributed by atoms with Crippen molar-refractivity contribution in [2.45, 2.75) is 51.2 Å². The van der Waals surface area contributed by atoms with Gasteiger partial charge in [-0.1, -0.05) is 25.0 Å². The molecule has 0 aliphatic carbocycles. The maximum atomic E-state index is 14.9. The number of hydrogen-bond acceptors (Lipinski definition) is 7. The number of rotatable bonds is 11. The molecule has 1 fully saturated rings. The van der Waals surface area contributed by atoms with Crippen molar-refractivity contribution in [3.63, 3.8) is 0 Å². The number of unbranched alkanes of at least 4 members (excludes halogenated alkanes) is 2. The lowest BCUT2D eigenvalue weighted by molar-refractivity contribution is -0.190. The van der Waals surface area contributed by atoms with Crippen molar-refractivity contribution in [3.8, 4) is 22.8 Å². The second kappa shape index (κ2) is 11.1. The molecule has 0 unspecified atom stereocenters. The minimum absolute atomic E-state index is 0.167. The summed E-state index contributed by atoms with van der Waals surface area (Å²) >= 11 is 0. The van der Waals surface area contributed by atoms with E-state index >= 15 is 0 Å². The Morgan fingerprint density at radius 2 is 2.05 bits per heavy atom. The number of phenols is 1. The van der Waals surface area contributed by atoms with Crippen LogP contribution in [0.1, 0.15) is 31.7 Å². The highest BCUT2D eigenvalue weighted by Gasteiger charge is 2.45. The first-order valence-corrected chi connectivity index (χ1v) is 12.4. The summed E-state index contributed by atoms with van der Waals surface area (Å²) in [6.07, 6.45) is 9.82. The van der Waals surface area contributed by atoms with Crippen molar-refractivity contribution in [2.24, 2.45) is 0 Å². The van der Waals surface area contributed by atoms with Crippen LogP contribution < -0.4 is 4.74 Å². The third-order valence-electron chi connectivity index (χ3n) is 6.27. The molecule has 9 nitrogen and oxygen atoms in total. The van der Waals surface area contributed by atoms with E-state index in [1.165, 1.54) is 12.1 Å². The standard InChI is InChI=1S/C27H30FN5O4/c1-2-3-4-13-35-22-8-5-20(6-9-22)26-16-33(31-30-26)15-23-17-36-27(37-23,18-32-12-11-29-19-32)24-10-7-21(34)14-25(24)28/h5-12,14,16,19,23,34H,2-4,13,15,17-18H2,1H3/t23-,27-/m0/s1. The van der Waals surface area contributed by atoms with Gasteiger partial charge in [0.1, 0.15) is 29.1 Å². The predicted molar refractivity (Wildman–Crippen MR) is 133 cm³/mol. The molecule has 0 spiro atoms. The van der Waals surface area contributed by atoms with Crippen molar-refractivity contribution in [3.05, 3.63) is 78.8 Å². The molecule has 0 bridgehead atoms. The van der Waals surface area contributed by atoms with Gasteiger partial charge in [0.05, 0.1) is 38.8 Å². The molecule has 2 aromatic carbocycles. The summed E-state index contributed by atoms with van der Waals surface area (Å²) in [5.74, 6) is -1.32. The van der Waals surface area contributed by atoms with Crippen molar-refractivity contribution in [2.75, 3.05) is 13.2 Å². The Bertz CT molecular complexity index is 1290. The van der Waals surface area contributed by atoms with E-state index in [9.17, 15) is 9.50 Å². The average molecular weight is 508 g/mol. The third-order valence-corrected chi connectivity index (χ3v) is 6.27. The SMILES string of the molecule is CCCCCOc1ccc(-c2cn(C[C@H]3CO[C@](Cn4ccnc4)(c4ccc(O)cc4F)O3)nn2)cc1. The molecule has 0 radical (unpaired) electrons. The molecule has 3 heterocycles. The average Bonchev–Trinajstić information content (AvgIpc) is 3.65. The smallest absolute Gasteiger partial charge is 0.216 e. The van der Waals surface area contributed by atoms with Gasteiger partial charge in [0.15, 0.2) is 0 Å². The zero-order valence-electron chi connectivity index (χ0n) is 20.7. The number of aromatic nitrogens is 5. The van der Waals surface area contributed by atoms with Gasteiger partial charge in [-0.25, -0.2) is 14.1 Å². The quantitative estimate of drug-likeness (QED) is 0.298. The molecule has 2 aromatic heterocycles. The highest BCUT2D eigenvalue weighted by Crippen LogP contribution is 2.38. The van der Waals surface area contributed by atoms with Crippen LogP contribution in [0.15, 0.2) is 67.4 Å². The van der Waals surface area contributed by atoms with Gasteiger partial charge in [-0.05, 0) is 42.8 Å². The van der Waals surface area contributed by atoms with E-state index < -0.39 is 17.7 Å². The lowest BCUT2D eigenvalue weighted by Gasteiger charge is -2.29. The molecule has 2 atom stereocenters. The molecule has 194 valence electrons. The van der Waals surface area contributed by atoms with Crippen LogP contribution in [-0.4, -0.2) is 49.0 Å². The van der Waals surface area contributed by atoms with Gasteiger partial charge in [-0.2, -0.15) is 0 Å². The van der Waals surface area contributed by atoms with E-state index in [0.29, 0.717) is 13.2 Å². The Balaban J connectivity index is 1.26. The van der Waals surface area contributed by atoms with E-state index in [1.807, 2.05) is 30.5 Å². The lowest BCUT2D eigenvalue weighted by atomic mass is 10.0. The molecule has 0 saturated carbocycles. The normalized spacial score (nSPS) is 19.4. The van der Waals surface area contributed by atoms with Crippen LogP contribution in [0, 0.1) is 5.82 Å². The first-order chi connectivity index (χ1) is 18.0. The largest absolute Gasteiger partial charge is 0.508 e. The maximum Gasteiger partial charge on any atom is 0.216 e. The number of benzene rings is 2. The van der Waals surface area contributed by atoms with Crippen molar-refractivity contribution < 1.29 is 23.7 Å². The molecule has 37 heavy (non-hydrogen) atoms. The topological polar surface area (TPSA) is 96.5 Å². The Morgan fingerprint density at radius 3 is 2.81 bits per heavy atom. The minimum Gasteiger partial charge on any atom is -0.508 e. The highest BCUT2D eigenvalue weighted by atomic mass is 19.1. The lowest BCUT2D eigenvalue weighted by Crippen LogP contribution is -2.35. The fourth-order valence-electron chi connectivity index (χ4n) is 4.39. The number of imidazole rings is 1. The van der Waals surface area contributed by atoms with Gasteiger partial charge >= 0.3 is 0 Å². The van der Waals surface area contributed by atoms with Crippen LogP contribution in [0.2, 0.25) is 0 Å². The second-order valence-electron chi connectivity index (χ2n) is 9.11. The van der Waals surface area contributed by atoms with E-state index in [0.717, 1.165) is 42.3 Å². The number of hydrogen-bond donors (Lipinski definition) is 1. The summed E-state index contributed by atoms with van der Waals surface area (Å²) in [6.45, 7) is 3.68. The zero-order chi connectivity index (χ0) is 25.7. The molecular formula is C27H30FN5O4. The summed E-state index contributed by atoms with van der Waals surface area (Å²) in [5.41, 5.74) is 1.86. The first kappa shape index (κ1) is 24.9. The minimum atomic E-state index is -1.38. The highest BCUT2D eigenvalue weighted by molar-refractivity contribution is 5.58. The van der Waals surface area contributed by atoms with Crippen LogP contribution in [0.3, 0.4) is 0 Å². The monoisotopic (exact) mass is 507 g/mol. The van der Waals surface area contributed by atoms with Crippen molar-refractivity contribution in [1.29, 1.82) is 0 Å². The van der Waals surface area contributed by atoms with Gasteiger partial charge in [-0.3, -0.25) is 0 Å². The van der Waals surface area contributed by atoms with Crippen molar-refractivity contribution in [1.82, 2.24) is 24.5 Å². The Kier molecular flexibility index (Phi) is 7.47. The summed E-state index contributed by atoms with van der Waals surface area (Å²) in [6, 6.07) is 11.7. The zero-order valence-corrected chi connectivity index (χ0v) is 20.7. The fourth-order valence-corrected chi connectivity index (χ4v) is 4.39. The van der Waals surface area contributed by atoms with E-state index in [4.69, 9.17) is 14.2 Å². The van der Waals surface area contributed by atoms with E-state index in [-0.39, 0.29) is 24.5 Å². The molecular weight excluding hydrogens is 477 g/mol. The summed E-state index contributed by atoms with van der Waals surface area (Å²) in [7, 11) is 0. The summed E-state index contributed by atoms with van der Waals surface area (Å²) < 4.78 is 36.5. The molecule has 5 rings (SSSR count). The van der Waals surface area contributed by atoms with Gasteiger partial charge in [0.25, 0.3) is 0 Å². The van der Waals surface area contributed by atoms with E-state index in [2.05, 4.69) is 22.2 Å². The number of nitrogens with zero attached hydrogens (tertiary/aromatic N) is 5. The van der Waals surface area contributed by atoms with Gasteiger partial charge in [0, 0.05) is 29.6 Å². The van der Waals surface area contributed by atoms with Crippen LogP contribution in [0.4, 0.5) is 4.39 Å². The molecule has 1 aliphatic heterocycles. The number of aromatic hydroxyl groups is 1. The number of phenolic OH excluding ortho intramolecular Hbond substituents is 1. The Labute approximate surface area is 214 Å². The molecule has 1 aliphatic rings. The van der Waals surface area contributed by atoms with Crippen LogP contribution in [0.25, 0.3) is 11.3 Å². The summed E-state index contributed by atoms with van der Waals surface area (Å²) in [4.78, 5) is 4.06. The van der Waals surface area contributed by atoms with Crippen molar-refractivity contribution >= 4 is 0 Å². The van der Waals surface area contributed by atoms with Crippen LogP contribution in [-0.2, 0) is 28.4 Å². The predicted octanol–water partition coefficient (Wildman–Crippen LogP) is 4.52. The van der Waals surface area contributed by atoms with Crippen LogP contribution in [0.5, 0.6) is 11.5 Å². The fraction of sp³-hybridized carbons (Fsp3) is 0.370. The van der Waals surface area contributed by atoms with Gasteiger partial charge in [0.2, 0.25) is 5.79 Å². The van der Waals surface area contributed by atoms with E-state index in [1.54, 1.807) is 28.0 Å². The Morgan fingerprint density at radius 1 is 1.19 bits per heavy atom. The molecule has 10 heteroatoms. The van der Waals surface area contributed by atoms with Gasteiger partial charge in [-0.15, -0.1) is 5.10 Å². The third kappa shape index (κ3) is 5.81. The Hall–Kier alpha value is -3.76. The molecule has 1 N–H and O–H groups in total. The molecule has 4 aromatic rings. The number of halogens is 1. The summed E-state index contributed by atoms with van der Waals surface area (Å²) in [5, 5.41) is 18.2. The molecule has 1 saturated heterocycles. The van der Waals surface area contributed by atoms with Crippen LogP contribution >= 0.6 is 0 Å². The molecule has 0 amide bonds.